The molecule has 8 heteroatoms. The van der Waals surface area contributed by atoms with Crippen LogP contribution >= 0.6 is 0 Å². The number of nitrogens with one attached hydrogen (secondary N) is 1. The summed E-state index contributed by atoms with van der Waals surface area (Å²) in [5, 5.41) is 7.43. The van der Waals surface area contributed by atoms with E-state index in [2.05, 4.69) is 15.4 Å². The molecule has 0 spiro atoms. The Hall–Kier alpha value is -3.81. The minimum Gasteiger partial charge on any atom is -0.490 e. The quantitative estimate of drug-likeness (QED) is 0.583. The van der Waals surface area contributed by atoms with Crippen LogP contribution in [-0.4, -0.2) is 34.5 Å². The van der Waals surface area contributed by atoms with E-state index in [0.717, 1.165) is 11.1 Å². The lowest BCUT2D eigenvalue weighted by atomic mass is 9.95. The maximum absolute atomic E-state index is 12.6. The molecule has 0 saturated carbocycles. The van der Waals surface area contributed by atoms with E-state index in [1.54, 1.807) is 4.68 Å². The third kappa shape index (κ3) is 4.09. The molecular weight excluding hydrogens is 396 g/mol. The van der Waals surface area contributed by atoms with E-state index in [1.807, 2.05) is 62.4 Å². The van der Waals surface area contributed by atoms with Crippen molar-refractivity contribution in [2.75, 3.05) is 19.0 Å². The third-order valence-electron chi connectivity index (χ3n) is 5.02. The lowest BCUT2D eigenvalue weighted by Gasteiger charge is -2.28. The lowest BCUT2D eigenvalue weighted by molar-refractivity contribution is -0.136. The maximum Gasteiger partial charge on any atom is 0.338 e. The van der Waals surface area contributed by atoms with Crippen molar-refractivity contribution in [1.29, 1.82) is 0 Å². The number of nitrogens with zero attached hydrogens (tertiary/aromatic N) is 3. The Morgan fingerprint density at radius 2 is 1.94 bits per heavy atom. The molecular formula is C23H24N4O4. The van der Waals surface area contributed by atoms with Gasteiger partial charge < -0.3 is 19.5 Å². The fourth-order valence-corrected chi connectivity index (χ4v) is 3.59. The van der Waals surface area contributed by atoms with Gasteiger partial charge in [-0.3, -0.25) is 0 Å². The number of carbonyl (C=O) groups excluding carboxylic acids is 1. The van der Waals surface area contributed by atoms with Crippen molar-refractivity contribution in [2.24, 2.45) is 0 Å². The zero-order valence-electron chi connectivity index (χ0n) is 17.7. The summed E-state index contributed by atoms with van der Waals surface area (Å²) in [6.45, 7) is 4.63. The van der Waals surface area contributed by atoms with Crippen molar-refractivity contribution >= 4 is 11.9 Å². The van der Waals surface area contributed by atoms with Crippen molar-refractivity contribution in [3.63, 3.8) is 0 Å². The van der Waals surface area contributed by atoms with Crippen LogP contribution in [0.3, 0.4) is 0 Å². The number of aromatic nitrogens is 3. The van der Waals surface area contributed by atoms with Gasteiger partial charge in [0.15, 0.2) is 11.5 Å². The summed E-state index contributed by atoms with van der Waals surface area (Å²) < 4.78 is 18.6. The molecule has 4 rings (SSSR count). The zero-order chi connectivity index (χ0) is 21.8. The van der Waals surface area contributed by atoms with E-state index in [9.17, 15) is 4.79 Å². The van der Waals surface area contributed by atoms with Gasteiger partial charge in [0.1, 0.15) is 19.0 Å². The Bertz CT molecular complexity index is 1110. The van der Waals surface area contributed by atoms with Crippen LogP contribution in [0.5, 0.6) is 11.5 Å². The molecule has 0 amide bonds. The summed E-state index contributed by atoms with van der Waals surface area (Å²) in [5.74, 6) is 1.34. The number of methoxy groups -OCH3 is 1. The summed E-state index contributed by atoms with van der Waals surface area (Å²) in [5.41, 5.74) is 3.00. The summed E-state index contributed by atoms with van der Waals surface area (Å²) in [6.07, 6.45) is 1.45. The minimum absolute atomic E-state index is 0.424. The molecule has 1 atom stereocenters. The third-order valence-corrected chi connectivity index (χ3v) is 5.02. The Balaban J connectivity index is 1.71. The molecule has 3 aromatic rings. The first-order chi connectivity index (χ1) is 15.1. The van der Waals surface area contributed by atoms with Crippen LogP contribution in [-0.2, 0) is 16.1 Å². The highest BCUT2D eigenvalue weighted by molar-refractivity contribution is 5.92. The van der Waals surface area contributed by atoms with Crippen LogP contribution in [0.15, 0.2) is 66.1 Å². The Morgan fingerprint density at radius 1 is 1.13 bits per heavy atom. The molecule has 1 aliphatic rings. The number of benzene rings is 2. The Kier molecular flexibility index (Phi) is 5.88. The van der Waals surface area contributed by atoms with Gasteiger partial charge in [-0.1, -0.05) is 36.4 Å². The van der Waals surface area contributed by atoms with E-state index in [0.29, 0.717) is 41.9 Å². The van der Waals surface area contributed by atoms with Crippen molar-refractivity contribution in [3.05, 3.63) is 77.3 Å². The molecule has 0 aliphatic carbocycles. The molecule has 1 aliphatic heterocycles. The highest BCUT2D eigenvalue weighted by Crippen LogP contribution is 2.39. The van der Waals surface area contributed by atoms with E-state index >= 15 is 0 Å². The molecule has 0 bridgehead atoms. The molecule has 1 N–H and O–H groups in total. The predicted molar refractivity (Wildman–Crippen MR) is 115 cm³/mol. The number of anilines is 1. The predicted octanol–water partition coefficient (Wildman–Crippen LogP) is 3.72. The monoisotopic (exact) mass is 420 g/mol. The van der Waals surface area contributed by atoms with E-state index in [1.165, 1.54) is 13.4 Å². The number of ether oxygens (including phenoxy) is 3. The molecule has 8 nitrogen and oxygen atoms in total. The van der Waals surface area contributed by atoms with Gasteiger partial charge in [0, 0.05) is 5.70 Å². The van der Waals surface area contributed by atoms with Crippen LogP contribution in [0.4, 0.5) is 5.95 Å². The average molecular weight is 420 g/mol. The van der Waals surface area contributed by atoms with Crippen LogP contribution in [0.25, 0.3) is 0 Å². The number of allylic oxidation sites excluding steroid dienone is 1. The lowest BCUT2D eigenvalue weighted by Crippen LogP contribution is -2.29. The van der Waals surface area contributed by atoms with Crippen molar-refractivity contribution in [3.8, 4) is 11.5 Å². The fourth-order valence-electron chi connectivity index (χ4n) is 3.59. The van der Waals surface area contributed by atoms with Gasteiger partial charge in [-0.25, -0.2) is 9.48 Å². The first-order valence-corrected chi connectivity index (χ1v) is 10.0. The summed E-state index contributed by atoms with van der Waals surface area (Å²) in [7, 11) is 1.36. The fraction of sp³-hybridized carbons (Fsp3) is 0.261. The van der Waals surface area contributed by atoms with Gasteiger partial charge in [-0.2, -0.15) is 10.1 Å². The van der Waals surface area contributed by atoms with Crippen LogP contribution in [0.1, 0.15) is 31.0 Å². The van der Waals surface area contributed by atoms with Crippen molar-refractivity contribution in [1.82, 2.24) is 14.8 Å². The second kappa shape index (κ2) is 8.91. The SMILES string of the molecule is CCOc1cc(C2C(C(=O)OC)=C(C)Nc3ncnn32)ccc1OCc1ccccc1. The summed E-state index contributed by atoms with van der Waals surface area (Å²) in [6, 6.07) is 15.1. The molecule has 0 saturated heterocycles. The standard InChI is InChI=1S/C23H24N4O4/c1-4-30-19-12-17(10-11-18(19)31-13-16-8-6-5-7-9-16)21-20(22(28)29-3)15(2)26-23-24-14-25-27(21)23/h5-12,14,21H,4,13H2,1-3H3,(H,24,25,26). The van der Waals surface area contributed by atoms with E-state index < -0.39 is 12.0 Å². The highest BCUT2D eigenvalue weighted by Gasteiger charge is 2.34. The van der Waals surface area contributed by atoms with Gasteiger partial charge >= 0.3 is 5.97 Å². The van der Waals surface area contributed by atoms with Crippen LogP contribution < -0.4 is 14.8 Å². The van der Waals surface area contributed by atoms with Crippen molar-refractivity contribution < 1.29 is 19.0 Å². The summed E-state index contributed by atoms with van der Waals surface area (Å²) >= 11 is 0. The van der Waals surface area contributed by atoms with Gasteiger partial charge in [0.2, 0.25) is 5.95 Å². The van der Waals surface area contributed by atoms with E-state index in [4.69, 9.17) is 14.2 Å². The molecule has 2 heterocycles. The molecule has 160 valence electrons. The van der Waals surface area contributed by atoms with E-state index in [-0.39, 0.29) is 0 Å². The first kappa shape index (κ1) is 20.5. The molecule has 1 aromatic heterocycles. The van der Waals surface area contributed by atoms with Gasteiger partial charge in [-0.15, -0.1) is 0 Å². The highest BCUT2D eigenvalue weighted by atomic mass is 16.5. The molecule has 2 aromatic carbocycles. The largest absolute Gasteiger partial charge is 0.490 e. The molecule has 0 fully saturated rings. The minimum atomic E-state index is -0.506. The zero-order valence-corrected chi connectivity index (χ0v) is 17.7. The van der Waals surface area contributed by atoms with Crippen molar-refractivity contribution in [2.45, 2.75) is 26.5 Å². The van der Waals surface area contributed by atoms with Gasteiger partial charge in [0.25, 0.3) is 0 Å². The van der Waals surface area contributed by atoms with Gasteiger partial charge in [-0.05, 0) is 37.1 Å². The maximum atomic E-state index is 12.6. The second-order valence-electron chi connectivity index (χ2n) is 7.00. The first-order valence-electron chi connectivity index (χ1n) is 10.0. The number of rotatable bonds is 7. The normalized spacial score (nSPS) is 15.1. The number of esters is 1. The molecule has 1 unspecified atom stereocenters. The smallest absolute Gasteiger partial charge is 0.338 e. The Morgan fingerprint density at radius 3 is 2.68 bits per heavy atom. The number of carbonyl (C=O) groups is 1. The van der Waals surface area contributed by atoms with Gasteiger partial charge in [0.05, 0.1) is 19.3 Å². The number of hydrogen-bond acceptors (Lipinski definition) is 7. The summed E-state index contributed by atoms with van der Waals surface area (Å²) in [4.78, 5) is 16.8. The van der Waals surface area contributed by atoms with Crippen LogP contribution in [0.2, 0.25) is 0 Å². The Labute approximate surface area is 180 Å². The molecule has 31 heavy (non-hydrogen) atoms. The topological polar surface area (TPSA) is 87.5 Å². The molecule has 0 radical (unpaired) electrons. The van der Waals surface area contributed by atoms with Crippen LogP contribution in [0, 0.1) is 0 Å². The number of hydrogen-bond donors (Lipinski definition) is 1. The number of fused-ring (bicyclic) bond motifs is 1. The average Bonchev–Trinajstić information content (AvgIpc) is 3.25. The second-order valence-corrected chi connectivity index (χ2v) is 7.00.